The molecule has 7 heteroatoms. The number of carbonyl (C=O) groups excluding carboxylic acids is 2. The van der Waals surface area contributed by atoms with E-state index in [-0.39, 0.29) is 18.0 Å². The molecule has 0 unspecified atom stereocenters. The van der Waals surface area contributed by atoms with Crippen LogP contribution in [-0.2, 0) is 11.2 Å². The molecule has 3 aromatic rings. The molecule has 0 spiro atoms. The van der Waals surface area contributed by atoms with E-state index in [1.54, 1.807) is 6.20 Å². The zero-order valence-corrected chi connectivity index (χ0v) is 16.7. The predicted octanol–water partition coefficient (Wildman–Crippen LogP) is 3.93. The molecule has 1 aliphatic heterocycles. The SMILES string of the molecule is O=C(Cc1ccccc1)Nc1ccnn1C1CCN(C(=O)Nc2ccccc2)CC1. The number of benzene rings is 2. The number of amides is 3. The first-order valence-corrected chi connectivity index (χ1v) is 10.2. The first-order valence-electron chi connectivity index (χ1n) is 10.2. The number of hydrogen-bond donors (Lipinski definition) is 2. The molecule has 0 bridgehead atoms. The summed E-state index contributed by atoms with van der Waals surface area (Å²) < 4.78 is 1.87. The van der Waals surface area contributed by atoms with Crippen molar-refractivity contribution in [1.29, 1.82) is 0 Å². The van der Waals surface area contributed by atoms with Gasteiger partial charge in [-0.3, -0.25) is 4.79 Å². The van der Waals surface area contributed by atoms with Gasteiger partial charge < -0.3 is 15.5 Å². The minimum atomic E-state index is -0.0866. The van der Waals surface area contributed by atoms with Crippen LogP contribution < -0.4 is 10.6 Å². The molecule has 30 heavy (non-hydrogen) atoms. The number of rotatable bonds is 5. The summed E-state index contributed by atoms with van der Waals surface area (Å²) in [6, 6.07) is 21.0. The Morgan fingerprint density at radius 1 is 0.900 bits per heavy atom. The highest BCUT2D eigenvalue weighted by atomic mass is 16.2. The van der Waals surface area contributed by atoms with Gasteiger partial charge in [0.1, 0.15) is 5.82 Å². The molecular formula is C23H25N5O2. The van der Waals surface area contributed by atoms with Crippen LogP contribution in [0.3, 0.4) is 0 Å². The molecule has 1 saturated heterocycles. The summed E-state index contributed by atoms with van der Waals surface area (Å²) in [5, 5.41) is 10.3. The second-order valence-corrected chi connectivity index (χ2v) is 7.39. The second kappa shape index (κ2) is 9.26. The third kappa shape index (κ3) is 4.86. The number of para-hydroxylation sites is 1. The van der Waals surface area contributed by atoms with Gasteiger partial charge in [-0.15, -0.1) is 0 Å². The van der Waals surface area contributed by atoms with Crippen LogP contribution in [0.1, 0.15) is 24.4 Å². The summed E-state index contributed by atoms with van der Waals surface area (Å²) in [5.41, 5.74) is 1.76. The van der Waals surface area contributed by atoms with Crippen molar-refractivity contribution in [3.63, 3.8) is 0 Å². The standard InChI is InChI=1S/C23H25N5O2/c29-22(17-18-7-3-1-4-8-18)26-21-11-14-24-28(21)20-12-15-27(16-13-20)23(30)25-19-9-5-2-6-10-19/h1-11,14,20H,12-13,15-17H2,(H,25,30)(H,26,29). The topological polar surface area (TPSA) is 79.3 Å². The Hall–Kier alpha value is -3.61. The normalized spacial score (nSPS) is 14.3. The maximum atomic E-state index is 12.5. The summed E-state index contributed by atoms with van der Waals surface area (Å²) in [6.45, 7) is 1.28. The van der Waals surface area contributed by atoms with E-state index in [1.165, 1.54) is 0 Å². The number of nitrogens with one attached hydrogen (secondary N) is 2. The van der Waals surface area contributed by atoms with E-state index >= 15 is 0 Å². The third-order valence-electron chi connectivity index (χ3n) is 5.27. The molecule has 2 aromatic carbocycles. The first-order chi connectivity index (χ1) is 14.7. The van der Waals surface area contributed by atoms with E-state index < -0.39 is 0 Å². The molecule has 2 heterocycles. The van der Waals surface area contributed by atoms with Crippen molar-refractivity contribution in [1.82, 2.24) is 14.7 Å². The molecule has 2 N–H and O–H groups in total. The van der Waals surface area contributed by atoms with Crippen LogP contribution in [0, 0.1) is 0 Å². The lowest BCUT2D eigenvalue weighted by Gasteiger charge is -2.32. The van der Waals surface area contributed by atoms with Gasteiger partial charge in [0.25, 0.3) is 0 Å². The number of carbonyl (C=O) groups is 2. The van der Waals surface area contributed by atoms with E-state index in [0.717, 1.165) is 24.1 Å². The maximum Gasteiger partial charge on any atom is 0.321 e. The Balaban J connectivity index is 1.31. The highest BCUT2D eigenvalue weighted by Gasteiger charge is 2.26. The Morgan fingerprint density at radius 3 is 2.27 bits per heavy atom. The Morgan fingerprint density at radius 2 is 1.57 bits per heavy atom. The van der Waals surface area contributed by atoms with E-state index in [9.17, 15) is 9.59 Å². The molecule has 3 amide bonds. The van der Waals surface area contributed by atoms with E-state index in [2.05, 4.69) is 15.7 Å². The highest BCUT2D eigenvalue weighted by molar-refractivity contribution is 5.91. The van der Waals surface area contributed by atoms with Crippen molar-refractivity contribution in [2.75, 3.05) is 23.7 Å². The van der Waals surface area contributed by atoms with Gasteiger partial charge in [0.2, 0.25) is 5.91 Å². The summed E-state index contributed by atoms with van der Waals surface area (Å²) in [4.78, 5) is 26.7. The van der Waals surface area contributed by atoms with Gasteiger partial charge in [0.15, 0.2) is 0 Å². The van der Waals surface area contributed by atoms with Crippen molar-refractivity contribution in [3.05, 3.63) is 78.5 Å². The monoisotopic (exact) mass is 403 g/mol. The molecule has 1 aromatic heterocycles. The van der Waals surface area contributed by atoms with Crippen molar-refractivity contribution < 1.29 is 9.59 Å². The van der Waals surface area contributed by atoms with E-state index in [4.69, 9.17) is 0 Å². The van der Waals surface area contributed by atoms with Gasteiger partial charge in [-0.05, 0) is 30.5 Å². The number of aromatic nitrogens is 2. The number of urea groups is 1. The highest BCUT2D eigenvalue weighted by Crippen LogP contribution is 2.26. The lowest BCUT2D eigenvalue weighted by atomic mass is 10.1. The fourth-order valence-corrected chi connectivity index (χ4v) is 3.71. The third-order valence-corrected chi connectivity index (χ3v) is 5.27. The molecule has 0 saturated carbocycles. The Bertz CT molecular complexity index is 979. The van der Waals surface area contributed by atoms with Gasteiger partial charge in [0, 0.05) is 24.8 Å². The van der Waals surface area contributed by atoms with E-state index in [1.807, 2.05) is 76.3 Å². The maximum absolute atomic E-state index is 12.5. The average Bonchev–Trinajstić information content (AvgIpc) is 3.23. The van der Waals surface area contributed by atoms with Crippen molar-refractivity contribution in [2.45, 2.75) is 25.3 Å². The fourth-order valence-electron chi connectivity index (χ4n) is 3.71. The smallest absolute Gasteiger partial charge is 0.321 e. The molecule has 4 rings (SSSR count). The quantitative estimate of drug-likeness (QED) is 0.677. The van der Waals surface area contributed by atoms with Gasteiger partial charge in [-0.2, -0.15) is 5.10 Å². The number of piperidine rings is 1. The zero-order valence-electron chi connectivity index (χ0n) is 16.7. The molecule has 0 radical (unpaired) electrons. The number of nitrogens with zero attached hydrogens (tertiary/aromatic N) is 3. The summed E-state index contributed by atoms with van der Waals surface area (Å²) in [5.74, 6) is 0.630. The molecule has 1 aliphatic rings. The van der Waals surface area contributed by atoms with Crippen molar-refractivity contribution >= 4 is 23.4 Å². The molecule has 154 valence electrons. The second-order valence-electron chi connectivity index (χ2n) is 7.39. The van der Waals surface area contributed by atoms with Gasteiger partial charge in [-0.25, -0.2) is 9.48 Å². The largest absolute Gasteiger partial charge is 0.324 e. The lowest BCUT2D eigenvalue weighted by Crippen LogP contribution is -2.41. The number of anilines is 2. The summed E-state index contributed by atoms with van der Waals surface area (Å²) in [6.07, 6.45) is 3.59. The predicted molar refractivity (Wildman–Crippen MR) is 116 cm³/mol. The molecule has 0 aliphatic carbocycles. The minimum Gasteiger partial charge on any atom is -0.324 e. The Labute approximate surface area is 175 Å². The number of hydrogen-bond acceptors (Lipinski definition) is 3. The van der Waals surface area contributed by atoms with Gasteiger partial charge >= 0.3 is 6.03 Å². The van der Waals surface area contributed by atoms with Gasteiger partial charge in [0.05, 0.1) is 18.7 Å². The van der Waals surface area contributed by atoms with E-state index in [0.29, 0.717) is 25.3 Å². The van der Waals surface area contributed by atoms with Crippen LogP contribution in [-0.4, -0.2) is 39.7 Å². The van der Waals surface area contributed by atoms with Crippen LogP contribution >= 0.6 is 0 Å². The van der Waals surface area contributed by atoms with Gasteiger partial charge in [-0.1, -0.05) is 48.5 Å². The van der Waals surface area contributed by atoms with Crippen LogP contribution in [0.4, 0.5) is 16.3 Å². The summed E-state index contributed by atoms with van der Waals surface area (Å²) >= 11 is 0. The molecule has 7 nitrogen and oxygen atoms in total. The summed E-state index contributed by atoms with van der Waals surface area (Å²) in [7, 11) is 0. The molecule has 1 fully saturated rings. The van der Waals surface area contributed by atoms with Crippen LogP contribution in [0.2, 0.25) is 0 Å². The Kier molecular flexibility index (Phi) is 6.08. The van der Waals surface area contributed by atoms with Crippen molar-refractivity contribution in [2.24, 2.45) is 0 Å². The first kappa shape index (κ1) is 19.7. The lowest BCUT2D eigenvalue weighted by molar-refractivity contribution is -0.115. The minimum absolute atomic E-state index is 0.0670. The average molecular weight is 403 g/mol. The molecule has 0 atom stereocenters. The number of likely N-dealkylation sites (tertiary alicyclic amines) is 1. The molecular weight excluding hydrogens is 378 g/mol. The van der Waals surface area contributed by atoms with Crippen molar-refractivity contribution in [3.8, 4) is 0 Å². The van der Waals surface area contributed by atoms with Crippen LogP contribution in [0.25, 0.3) is 0 Å². The zero-order chi connectivity index (χ0) is 20.8. The van der Waals surface area contributed by atoms with Crippen LogP contribution in [0.5, 0.6) is 0 Å². The van der Waals surface area contributed by atoms with Crippen LogP contribution in [0.15, 0.2) is 72.9 Å². The fraction of sp³-hybridized carbons (Fsp3) is 0.261.